The second-order valence-electron chi connectivity index (χ2n) is 8.05. The number of imidazole rings is 1. The fourth-order valence-corrected chi connectivity index (χ4v) is 3.65. The van der Waals surface area contributed by atoms with Gasteiger partial charge in [0, 0.05) is 10.3 Å². The average Bonchev–Trinajstić information content (AvgIpc) is 3.26. The van der Waals surface area contributed by atoms with Gasteiger partial charge in [0.25, 0.3) is 5.91 Å². The number of fused-ring (bicyclic) bond motifs is 1. The predicted octanol–water partition coefficient (Wildman–Crippen LogP) is 3.20. The van der Waals surface area contributed by atoms with Gasteiger partial charge in [-0.1, -0.05) is 20.8 Å². The van der Waals surface area contributed by atoms with Gasteiger partial charge in [-0.25, -0.2) is 19.7 Å². The first-order chi connectivity index (χ1) is 14.5. The summed E-state index contributed by atoms with van der Waals surface area (Å²) in [6, 6.07) is 0. The molecule has 0 aliphatic rings. The molecule has 3 aromatic rings. The lowest BCUT2D eigenvalue weighted by Crippen LogP contribution is -2.31. The molecule has 1 unspecified atom stereocenters. The number of nitrogens with one attached hydrogen (secondary N) is 3. The molecule has 11 heteroatoms. The maximum atomic E-state index is 12.9. The third-order valence-electron chi connectivity index (χ3n) is 4.62. The van der Waals surface area contributed by atoms with Crippen molar-refractivity contribution in [2.24, 2.45) is 5.41 Å². The van der Waals surface area contributed by atoms with Crippen LogP contribution in [0.3, 0.4) is 0 Å². The Bertz CT molecular complexity index is 1160. The largest absolute Gasteiger partial charge is 0.449 e. The summed E-state index contributed by atoms with van der Waals surface area (Å²) in [4.78, 5) is 53.6. The number of carbonyl (C=O) groups excluding carboxylic acids is 3. The number of thiophene rings is 1. The van der Waals surface area contributed by atoms with Crippen molar-refractivity contribution in [3.8, 4) is 0 Å². The third-order valence-corrected chi connectivity index (χ3v) is 5.74. The number of rotatable bonds is 5. The van der Waals surface area contributed by atoms with E-state index in [0.717, 1.165) is 4.88 Å². The number of esters is 1. The molecule has 31 heavy (non-hydrogen) atoms. The SMILES string of the molecule is Cc1sc(NC(=O)C(C)(C)C)c(C(=O)OC(C)C(=O)Nc2ncnc3nc[nH]c23)c1C. The number of amides is 2. The van der Waals surface area contributed by atoms with E-state index in [0.29, 0.717) is 21.7 Å². The van der Waals surface area contributed by atoms with E-state index in [9.17, 15) is 14.4 Å². The minimum absolute atomic E-state index is 0.221. The van der Waals surface area contributed by atoms with Crippen LogP contribution in [0.2, 0.25) is 0 Å². The summed E-state index contributed by atoms with van der Waals surface area (Å²) in [6.07, 6.45) is 1.61. The van der Waals surface area contributed by atoms with E-state index in [1.165, 1.54) is 30.9 Å². The van der Waals surface area contributed by atoms with E-state index < -0.39 is 23.4 Å². The minimum Gasteiger partial charge on any atom is -0.449 e. The van der Waals surface area contributed by atoms with Crippen molar-refractivity contribution >= 4 is 51.1 Å². The topological polar surface area (TPSA) is 139 Å². The lowest BCUT2D eigenvalue weighted by atomic mass is 9.96. The number of carbonyl (C=O) groups is 3. The molecule has 0 fully saturated rings. The Morgan fingerprint density at radius 3 is 2.52 bits per heavy atom. The first-order valence-electron chi connectivity index (χ1n) is 9.56. The Balaban J connectivity index is 1.75. The highest BCUT2D eigenvalue weighted by atomic mass is 32.1. The van der Waals surface area contributed by atoms with Crippen LogP contribution in [-0.4, -0.2) is 43.8 Å². The molecule has 3 rings (SSSR count). The average molecular weight is 445 g/mol. The summed E-state index contributed by atoms with van der Waals surface area (Å²) < 4.78 is 5.40. The molecule has 3 aromatic heterocycles. The highest BCUT2D eigenvalue weighted by molar-refractivity contribution is 7.16. The molecule has 0 saturated heterocycles. The van der Waals surface area contributed by atoms with Gasteiger partial charge in [0.15, 0.2) is 17.6 Å². The first-order valence-corrected chi connectivity index (χ1v) is 10.4. The molecule has 2 amide bonds. The molecule has 0 aliphatic heterocycles. The van der Waals surface area contributed by atoms with Gasteiger partial charge in [-0.05, 0) is 26.3 Å². The van der Waals surface area contributed by atoms with E-state index >= 15 is 0 Å². The quantitative estimate of drug-likeness (QED) is 0.514. The first kappa shape index (κ1) is 22.3. The fraction of sp³-hybridized carbons (Fsp3) is 0.400. The third kappa shape index (κ3) is 4.71. The van der Waals surface area contributed by atoms with Crippen molar-refractivity contribution in [2.75, 3.05) is 10.6 Å². The fourth-order valence-electron chi connectivity index (χ4n) is 2.60. The highest BCUT2D eigenvalue weighted by Crippen LogP contribution is 2.34. The van der Waals surface area contributed by atoms with Crippen molar-refractivity contribution in [2.45, 2.75) is 47.6 Å². The Kier molecular flexibility index (Phi) is 6.07. The Hall–Kier alpha value is -3.34. The lowest BCUT2D eigenvalue weighted by Gasteiger charge is -2.18. The molecule has 0 bridgehead atoms. The summed E-state index contributed by atoms with van der Waals surface area (Å²) in [5.41, 5.74) is 1.18. The van der Waals surface area contributed by atoms with E-state index in [2.05, 4.69) is 30.6 Å². The molecule has 0 spiro atoms. The van der Waals surface area contributed by atoms with Crippen LogP contribution >= 0.6 is 11.3 Å². The zero-order valence-corrected chi connectivity index (χ0v) is 18.9. The second kappa shape index (κ2) is 8.42. The van der Waals surface area contributed by atoms with E-state index in [1.54, 1.807) is 27.7 Å². The number of aromatic amines is 1. The van der Waals surface area contributed by atoms with Gasteiger partial charge in [0.1, 0.15) is 16.8 Å². The Morgan fingerprint density at radius 1 is 1.13 bits per heavy atom. The normalized spacial score (nSPS) is 12.5. The Labute approximate surface area is 182 Å². The molecule has 0 aromatic carbocycles. The summed E-state index contributed by atoms with van der Waals surface area (Å²) in [5, 5.41) is 5.82. The molecular formula is C20H24N6O4S. The molecule has 1 atom stereocenters. The number of hydrogen-bond acceptors (Lipinski definition) is 8. The Morgan fingerprint density at radius 2 is 1.84 bits per heavy atom. The second-order valence-corrected chi connectivity index (χ2v) is 9.28. The molecule has 164 valence electrons. The maximum absolute atomic E-state index is 12.9. The highest BCUT2D eigenvalue weighted by Gasteiger charge is 2.29. The maximum Gasteiger partial charge on any atom is 0.342 e. The summed E-state index contributed by atoms with van der Waals surface area (Å²) in [6.45, 7) is 10.4. The summed E-state index contributed by atoms with van der Waals surface area (Å²) in [5.74, 6) is -1.24. The van der Waals surface area contributed by atoms with Gasteiger partial charge < -0.3 is 20.4 Å². The number of anilines is 2. The predicted molar refractivity (Wildman–Crippen MR) is 117 cm³/mol. The van der Waals surface area contributed by atoms with Crippen LogP contribution in [0.15, 0.2) is 12.7 Å². The molecular weight excluding hydrogens is 420 g/mol. The van der Waals surface area contributed by atoms with Crippen LogP contribution in [0, 0.1) is 19.3 Å². The summed E-state index contributed by atoms with van der Waals surface area (Å²) >= 11 is 1.29. The summed E-state index contributed by atoms with van der Waals surface area (Å²) in [7, 11) is 0. The number of aryl methyl sites for hydroxylation is 1. The van der Waals surface area contributed by atoms with Gasteiger partial charge in [-0.15, -0.1) is 11.3 Å². The van der Waals surface area contributed by atoms with E-state index in [4.69, 9.17) is 4.74 Å². The molecule has 0 aliphatic carbocycles. The number of ether oxygens (including phenoxy) is 1. The minimum atomic E-state index is -1.11. The zero-order valence-electron chi connectivity index (χ0n) is 18.1. The van der Waals surface area contributed by atoms with Gasteiger partial charge >= 0.3 is 5.97 Å². The number of nitrogens with zero attached hydrogens (tertiary/aromatic N) is 3. The van der Waals surface area contributed by atoms with E-state index in [1.807, 2.05) is 6.92 Å². The van der Waals surface area contributed by atoms with Crippen LogP contribution in [0.4, 0.5) is 10.8 Å². The molecule has 3 heterocycles. The van der Waals surface area contributed by atoms with Crippen LogP contribution in [0.25, 0.3) is 11.2 Å². The number of H-pyrrole nitrogens is 1. The molecule has 3 N–H and O–H groups in total. The van der Waals surface area contributed by atoms with Gasteiger partial charge in [0.2, 0.25) is 5.91 Å². The smallest absolute Gasteiger partial charge is 0.342 e. The van der Waals surface area contributed by atoms with Crippen LogP contribution < -0.4 is 10.6 Å². The molecule has 0 radical (unpaired) electrons. The van der Waals surface area contributed by atoms with Crippen molar-refractivity contribution in [1.82, 2.24) is 19.9 Å². The standard InChI is InChI=1S/C20H24N6O4S/c1-9-11(3)31-17(26-19(29)20(4,5)6)12(9)18(28)30-10(2)16(27)25-15-13-14(22-7-21-13)23-8-24-15/h7-8,10H,1-6H3,(H,26,29)(H2,21,22,23,24,25,27). The van der Waals surface area contributed by atoms with Crippen LogP contribution in [0.5, 0.6) is 0 Å². The van der Waals surface area contributed by atoms with Crippen molar-refractivity contribution < 1.29 is 19.1 Å². The van der Waals surface area contributed by atoms with E-state index in [-0.39, 0.29) is 17.3 Å². The van der Waals surface area contributed by atoms with Gasteiger partial charge in [-0.3, -0.25) is 9.59 Å². The van der Waals surface area contributed by atoms with Crippen molar-refractivity contribution in [1.29, 1.82) is 0 Å². The van der Waals surface area contributed by atoms with Crippen molar-refractivity contribution in [3.63, 3.8) is 0 Å². The van der Waals surface area contributed by atoms with Gasteiger partial charge in [-0.2, -0.15) is 0 Å². The zero-order chi connectivity index (χ0) is 22.9. The number of hydrogen-bond donors (Lipinski definition) is 3. The molecule has 10 nitrogen and oxygen atoms in total. The van der Waals surface area contributed by atoms with Gasteiger partial charge in [0.05, 0.1) is 11.9 Å². The monoisotopic (exact) mass is 444 g/mol. The lowest BCUT2D eigenvalue weighted by molar-refractivity contribution is -0.124. The van der Waals surface area contributed by atoms with Crippen LogP contribution in [0.1, 0.15) is 48.5 Å². The molecule has 0 saturated carbocycles. The van der Waals surface area contributed by atoms with Crippen molar-refractivity contribution in [3.05, 3.63) is 28.7 Å². The number of aromatic nitrogens is 4. The van der Waals surface area contributed by atoms with Crippen LogP contribution in [-0.2, 0) is 14.3 Å².